The fourth-order valence-corrected chi connectivity index (χ4v) is 3.66. The number of nitriles is 2. The van der Waals surface area contributed by atoms with Gasteiger partial charge in [0.25, 0.3) is 0 Å². The molecule has 7 nitrogen and oxygen atoms in total. The van der Waals surface area contributed by atoms with E-state index in [2.05, 4.69) is 20.2 Å². The molecular weight excluding hydrogens is 438 g/mol. The van der Waals surface area contributed by atoms with Crippen LogP contribution in [0.1, 0.15) is 17.1 Å². The molecule has 0 aliphatic rings. The number of alkyl halides is 3. The number of aromatic amines is 1. The zero-order valence-corrected chi connectivity index (χ0v) is 16.0. The van der Waals surface area contributed by atoms with Crippen LogP contribution in [0.5, 0.6) is 0 Å². The van der Waals surface area contributed by atoms with Crippen LogP contribution in [-0.2, 0) is 0 Å². The van der Waals surface area contributed by atoms with Crippen molar-refractivity contribution in [1.82, 2.24) is 25.0 Å². The van der Waals surface area contributed by atoms with Gasteiger partial charge in [0.2, 0.25) is 0 Å². The molecule has 0 spiro atoms. The first kappa shape index (κ1) is 20.0. The van der Waals surface area contributed by atoms with Crippen molar-refractivity contribution in [2.45, 2.75) is 17.3 Å². The zero-order valence-electron chi connectivity index (χ0n) is 13.6. The van der Waals surface area contributed by atoms with Gasteiger partial charge in [-0.25, -0.2) is 4.98 Å². The van der Waals surface area contributed by atoms with E-state index >= 15 is 0 Å². The minimum atomic E-state index is -4.49. The second-order valence-electron chi connectivity index (χ2n) is 5.24. The molecule has 0 atom stereocenters. The van der Waals surface area contributed by atoms with E-state index in [0.717, 1.165) is 16.9 Å². The molecule has 1 N–H and O–H groups in total. The van der Waals surface area contributed by atoms with Crippen LogP contribution in [0, 0.1) is 29.6 Å². The van der Waals surface area contributed by atoms with E-state index in [1.807, 2.05) is 0 Å². The fourth-order valence-electron chi connectivity index (χ4n) is 2.27. The summed E-state index contributed by atoms with van der Waals surface area (Å²) in [4.78, 5) is 7.52. The van der Waals surface area contributed by atoms with E-state index in [-0.39, 0.29) is 55.3 Å². The Kier molecular flexibility index (Phi) is 5.26. The van der Waals surface area contributed by atoms with E-state index in [4.69, 9.17) is 33.7 Å². The lowest BCUT2D eigenvalue weighted by Gasteiger charge is -2.10. The molecule has 0 amide bonds. The number of hydrogen-bond donors (Lipinski definition) is 1. The number of imidazole rings is 1. The van der Waals surface area contributed by atoms with E-state index in [9.17, 15) is 13.2 Å². The Bertz CT molecular complexity index is 1100. The van der Waals surface area contributed by atoms with Crippen LogP contribution in [0.25, 0.3) is 17.2 Å². The third-order valence-corrected chi connectivity index (χ3v) is 4.63. The number of rotatable bonds is 3. The van der Waals surface area contributed by atoms with Gasteiger partial charge in [-0.2, -0.15) is 28.8 Å². The van der Waals surface area contributed by atoms with Crippen molar-refractivity contribution in [3.8, 4) is 29.3 Å². The summed E-state index contributed by atoms with van der Waals surface area (Å²) in [7, 11) is 0. The lowest BCUT2D eigenvalue weighted by Crippen LogP contribution is -2.03. The Morgan fingerprint density at radius 3 is 2.29 bits per heavy atom. The molecule has 3 aromatic rings. The van der Waals surface area contributed by atoms with Crippen molar-refractivity contribution >= 4 is 35.0 Å². The predicted molar refractivity (Wildman–Crippen MR) is 95.0 cm³/mol. The third-order valence-electron chi connectivity index (χ3n) is 3.35. The highest BCUT2D eigenvalue weighted by molar-refractivity contribution is 8.00. The second kappa shape index (κ2) is 7.36. The number of nitrogens with zero attached hydrogens (tertiary/aromatic N) is 6. The molecule has 1 aromatic carbocycles. The minimum absolute atomic E-state index is 0.0314. The van der Waals surface area contributed by atoms with Gasteiger partial charge in [0, 0.05) is 4.90 Å². The summed E-state index contributed by atoms with van der Waals surface area (Å²) in [6.45, 7) is 1.59. The maximum atomic E-state index is 12.6. The highest BCUT2D eigenvalue weighted by Crippen LogP contribution is 2.41. The van der Waals surface area contributed by atoms with Crippen molar-refractivity contribution in [3.05, 3.63) is 39.3 Å². The van der Waals surface area contributed by atoms with Crippen molar-refractivity contribution in [3.63, 3.8) is 0 Å². The van der Waals surface area contributed by atoms with Crippen LogP contribution >= 0.6 is 35.0 Å². The summed E-state index contributed by atoms with van der Waals surface area (Å²) < 4.78 is 37.7. The van der Waals surface area contributed by atoms with E-state index in [1.165, 1.54) is 0 Å². The number of halogens is 5. The molecule has 13 heteroatoms. The molecule has 2 aromatic heterocycles. The quantitative estimate of drug-likeness (QED) is 0.591. The normalized spacial score (nSPS) is 11.3. The van der Waals surface area contributed by atoms with Gasteiger partial charge in [-0.1, -0.05) is 23.2 Å². The Labute approximate surface area is 169 Å². The zero-order chi connectivity index (χ0) is 20.6. The second-order valence-corrected chi connectivity index (χ2v) is 7.19. The monoisotopic (exact) mass is 443 g/mol. The molecule has 3 rings (SSSR count). The molecule has 0 unspecified atom stereocenters. The Hall–Kier alpha value is -2.73. The Balaban J connectivity index is 2.05. The maximum Gasteiger partial charge on any atom is 0.446 e. The standard InChI is InChI=1S/C15H6Cl2F3N7S/c1-6-12(14-23-10(4-21)11(5-22)24-14)26-27(25-6)13-8(16)2-7(3-9(13)17)28-15(18,19)20/h2-3H,1H3,(H,23,24). The average molecular weight is 444 g/mol. The number of benzene rings is 1. The average Bonchev–Trinajstić information content (AvgIpc) is 3.15. The van der Waals surface area contributed by atoms with Crippen LogP contribution in [0.2, 0.25) is 10.0 Å². The molecule has 0 aliphatic heterocycles. The van der Waals surface area contributed by atoms with Crippen molar-refractivity contribution in [2.75, 3.05) is 0 Å². The van der Waals surface area contributed by atoms with Crippen LogP contribution in [0.15, 0.2) is 17.0 Å². The molecular formula is C15H6Cl2F3N7S. The summed E-state index contributed by atoms with van der Waals surface area (Å²) in [6, 6.07) is 5.80. The van der Waals surface area contributed by atoms with Crippen LogP contribution in [-0.4, -0.2) is 30.5 Å². The van der Waals surface area contributed by atoms with Crippen LogP contribution < -0.4 is 0 Å². The van der Waals surface area contributed by atoms with Gasteiger partial charge in [-0.3, -0.25) is 0 Å². The number of thioether (sulfide) groups is 1. The van der Waals surface area contributed by atoms with Crippen LogP contribution in [0.3, 0.4) is 0 Å². The number of aromatic nitrogens is 5. The van der Waals surface area contributed by atoms with E-state index in [0.29, 0.717) is 5.69 Å². The SMILES string of the molecule is Cc1nn(-c2c(Cl)cc(SC(F)(F)F)cc2Cl)nc1-c1nc(C#N)c(C#N)[nH]1. The smallest absolute Gasteiger partial charge is 0.327 e. The van der Waals surface area contributed by atoms with Crippen molar-refractivity contribution in [1.29, 1.82) is 10.5 Å². The van der Waals surface area contributed by atoms with Gasteiger partial charge in [0.05, 0.1) is 15.7 Å². The van der Waals surface area contributed by atoms with Crippen molar-refractivity contribution < 1.29 is 13.2 Å². The first-order valence-corrected chi connectivity index (χ1v) is 8.80. The minimum Gasteiger partial charge on any atom is -0.327 e. The molecule has 142 valence electrons. The maximum absolute atomic E-state index is 12.6. The number of nitrogens with one attached hydrogen (secondary N) is 1. The van der Waals surface area contributed by atoms with Gasteiger partial charge < -0.3 is 4.98 Å². The largest absolute Gasteiger partial charge is 0.446 e. The number of aryl methyl sites for hydroxylation is 1. The van der Waals surface area contributed by atoms with Gasteiger partial charge in [-0.15, -0.1) is 9.90 Å². The summed E-state index contributed by atoms with van der Waals surface area (Å²) in [6.07, 6.45) is 0. The highest BCUT2D eigenvalue weighted by atomic mass is 35.5. The Morgan fingerprint density at radius 1 is 1.14 bits per heavy atom. The molecule has 0 aliphatic carbocycles. The summed E-state index contributed by atoms with van der Waals surface area (Å²) >= 11 is 11.9. The first-order chi connectivity index (χ1) is 13.1. The summed E-state index contributed by atoms with van der Waals surface area (Å²) in [5.41, 5.74) is -3.95. The van der Waals surface area contributed by atoms with Gasteiger partial charge >= 0.3 is 5.51 Å². The third kappa shape index (κ3) is 3.92. The molecule has 28 heavy (non-hydrogen) atoms. The molecule has 0 saturated carbocycles. The van der Waals surface area contributed by atoms with Gasteiger partial charge in [0.15, 0.2) is 22.9 Å². The molecule has 0 radical (unpaired) electrons. The summed E-state index contributed by atoms with van der Waals surface area (Å²) in [5, 5.41) is 26.2. The van der Waals surface area contributed by atoms with Crippen molar-refractivity contribution in [2.24, 2.45) is 0 Å². The molecule has 0 saturated heterocycles. The lowest BCUT2D eigenvalue weighted by molar-refractivity contribution is -0.0328. The topological polar surface area (TPSA) is 107 Å². The van der Waals surface area contributed by atoms with Gasteiger partial charge in [0.1, 0.15) is 17.8 Å². The first-order valence-electron chi connectivity index (χ1n) is 7.22. The molecule has 0 fully saturated rings. The Morgan fingerprint density at radius 2 is 1.79 bits per heavy atom. The van der Waals surface area contributed by atoms with E-state index < -0.39 is 5.51 Å². The molecule has 0 bridgehead atoms. The fraction of sp³-hybridized carbons (Fsp3) is 0.133. The predicted octanol–water partition coefficient (Wildman–Crippen LogP) is 4.63. The highest BCUT2D eigenvalue weighted by Gasteiger charge is 2.30. The summed E-state index contributed by atoms with van der Waals surface area (Å²) in [5.74, 6) is 0.133. The van der Waals surface area contributed by atoms with Crippen LogP contribution in [0.4, 0.5) is 13.2 Å². The lowest BCUT2D eigenvalue weighted by atomic mass is 10.3. The van der Waals surface area contributed by atoms with Gasteiger partial charge in [-0.05, 0) is 30.8 Å². The number of H-pyrrole nitrogens is 1. The molecule has 2 heterocycles. The number of hydrogen-bond acceptors (Lipinski definition) is 6. The van der Waals surface area contributed by atoms with E-state index in [1.54, 1.807) is 19.1 Å².